The SMILES string of the molecule is C=CN=C(/C=C/C)N1CCC(C)(NC(=O)OC(C)(C)C)CC1. The largest absolute Gasteiger partial charge is 0.444 e. The monoisotopic (exact) mass is 307 g/mol. The standard InChI is InChI=1S/C17H29N3O2/c1-7-9-14(18-8-2)20-12-10-17(6,11-13-20)19-15(21)22-16(3,4)5/h7-9H,2,10-13H2,1,3-6H3,(H,19,21)/b9-7+,18-14?. The van der Waals surface area contributed by atoms with Gasteiger partial charge < -0.3 is 15.0 Å². The van der Waals surface area contributed by atoms with Crippen LogP contribution in [-0.2, 0) is 4.74 Å². The van der Waals surface area contributed by atoms with E-state index in [-0.39, 0.29) is 11.6 Å². The van der Waals surface area contributed by atoms with Crippen LogP contribution in [0.25, 0.3) is 0 Å². The summed E-state index contributed by atoms with van der Waals surface area (Å²) in [6.07, 6.45) is 6.85. The van der Waals surface area contributed by atoms with E-state index in [9.17, 15) is 4.79 Å². The number of carbonyl (C=O) groups is 1. The zero-order valence-corrected chi connectivity index (χ0v) is 14.5. The van der Waals surface area contributed by atoms with E-state index >= 15 is 0 Å². The number of nitrogens with zero attached hydrogens (tertiary/aromatic N) is 2. The summed E-state index contributed by atoms with van der Waals surface area (Å²) in [5, 5.41) is 3.01. The smallest absolute Gasteiger partial charge is 0.408 e. The van der Waals surface area contributed by atoms with E-state index in [4.69, 9.17) is 4.74 Å². The third kappa shape index (κ3) is 5.92. The Morgan fingerprint density at radius 2 is 1.95 bits per heavy atom. The van der Waals surface area contributed by atoms with Crippen LogP contribution in [0.4, 0.5) is 4.79 Å². The Hall–Kier alpha value is -1.78. The average molecular weight is 307 g/mol. The first-order chi connectivity index (χ1) is 10.2. The number of nitrogens with one attached hydrogen (secondary N) is 1. The molecule has 0 aromatic rings. The summed E-state index contributed by atoms with van der Waals surface area (Å²) in [5.41, 5.74) is -0.717. The highest BCUT2D eigenvalue weighted by atomic mass is 16.6. The molecule has 0 aromatic carbocycles. The molecule has 1 rings (SSSR count). The first-order valence-electron chi connectivity index (χ1n) is 7.76. The van der Waals surface area contributed by atoms with Gasteiger partial charge in [-0.25, -0.2) is 9.79 Å². The highest BCUT2D eigenvalue weighted by Gasteiger charge is 2.33. The van der Waals surface area contributed by atoms with Crippen LogP contribution in [-0.4, -0.2) is 41.1 Å². The first-order valence-corrected chi connectivity index (χ1v) is 7.76. The minimum atomic E-state index is -0.475. The molecule has 1 heterocycles. The minimum absolute atomic E-state index is 0.242. The molecule has 0 radical (unpaired) electrons. The summed E-state index contributed by atoms with van der Waals surface area (Å²) in [6.45, 7) is 15.0. The van der Waals surface area contributed by atoms with E-state index in [1.807, 2.05) is 39.8 Å². The van der Waals surface area contributed by atoms with Gasteiger partial charge in [0.15, 0.2) is 0 Å². The summed E-state index contributed by atoms with van der Waals surface area (Å²) >= 11 is 0. The molecule has 0 bridgehead atoms. The number of likely N-dealkylation sites (tertiary alicyclic amines) is 1. The number of alkyl carbamates (subject to hydrolysis) is 1. The van der Waals surface area contributed by atoms with Crippen molar-refractivity contribution in [1.82, 2.24) is 10.2 Å². The van der Waals surface area contributed by atoms with Gasteiger partial charge in [-0.15, -0.1) is 0 Å². The van der Waals surface area contributed by atoms with Crippen molar-refractivity contribution in [3.8, 4) is 0 Å². The number of hydrogen-bond donors (Lipinski definition) is 1. The minimum Gasteiger partial charge on any atom is -0.444 e. The zero-order chi connectivity index (χ0) is 16.8. The second-order valence-corrected chi connectivity index (χ2v) is 6.84. The third-order valence-corrected chi connectivity index (χ3v) is 3.53. The van der Waals surface area contributed by atoms with Crippen LogP contribution in [0.1, 0.15) is 47.5 Å². The summed E-state index contributed by atoms with van der Waals surface area (Å²) in [6, 6.07) is 0. The van der Waals surface area contributed by atoms with Crippen LogP contribution in [0.3, 0.4) is 0 Å². The molecule has 0 aliphatic carbocycles. The molecule has 0 spiro atoms. The predicted octanol–water partition coefficient (Wildman–Crippen LogP) is 3.48. The molecule has 5 heteroatoms. The van der Waals surface area contributed by atoms with Crippen molar-refractivity contribution in [3.63, 3.8) is 0 Å². The molecule has 0 atom stereocenters. The van der Waals surface area contributed by atoms with E-state index in [0.29, 0.717) is 0 Å². The molecule has 22 heavy (non-hydrogen) atoms. The van der Waals surface area contributed by atoms with Crippen LogP contribution in [0.15, 0.2) is 29.9 Å². The molecule has 1 amide bonds. The molecular weight excluding hydrogens is 278 g/mol. The number of amidine groups is 1. The molecular formula is C17H29N3O2. The molecule has 1 N–H and O–H groups in total. The maximum absolute atomic E-state index is 12.0. The summed E-state index contributed by atoms with van der Waals surface area (Å²) in [5.74, 6) is 0.914. The second kappa shape index (κ2) is 7.47. The molecule has 1 aliphatic heterocycles. The van der Waals surface area contributed by atoms with Crippen LogP contribution in [0.2, 0.25) is 0 Å². The number of carbonyl (C=O) groups excluding carboxylic acids is 1. The Balaban J connectivity index is 2.61. The summed E-state index contributed by atoms with van der Waals surface area (Å²) in [7, 11) is 0. The number of rotatable bonds is 3. The lowest BCUT2D eigenvalue weighted by molar-refractivity contribution is 0.0427. The lowest BCUT2D eigenvalue weighted by atomic mass is 9.89. The maximum atomic E-state index is 12.0. The fourth-order valence-electron chi connectivity index (χ4n) is 2.38. The summed E-state index contributed by atoms with van der Waals surface area (Å²) in [4.78, 5) is 18.5. The van der Waals surface area contributed by atoms with Crippen LogP contribution < -0.4 is 5.32 Å². The van der Waals surface area contributed by atoms with Crippen molar-refractivity contribution in [2.24, 2.45) is 4.99 Å². The second-order valence-electron chi connectivity index (χ2n) is 6.84. The van der Waals surface area contributed by atoms with Gasteiger partial charge in [0.25, 0.3) is 0 Å². The van der Waals surface area contributed by atoms with Gasteiger partial charge in [-0.3, -0.25) is 0 Å². The molecule has 124 valence electrons. The molecule has 1 aliphatic rings. The molecule has 5 nitrogen and oxygen atoms in total. The molecule has 0 unspecified atom stereocenters. The van der Waals surface area contributed by atoms with E-state index in [0.717, 1.165) is 31.8 Å². The highest BCUT2D eigenvalue weighted by molar-refractivity contribution is 5.93. The average Bonchev–Trinajstić information content (AvgIpc) is 2.36. The highest BCUT2D eigenvalue weighted by Crippen LogP contribution is 2.23. The Bertz CT molecular complexity index is 453. The van der Waals surface area contributed by atoms with E-state index in [1.54, 1.807) is 6.20 Å². The number of amides is 1. The van der Waals surface area contributed by atoms with Crippen LogP contribution in [0.5, 0.6) is 0 Å². The number of ether oxygens (including phenoxy) is 1. The van der Waals surface area contributed by atoms with Crippen molar-refractivity contribution in [2.75, 3.05) is 13.1 Å². The van der Waals surface area contributed by atoms with Gasteiger partial charge in [0.05, 0.1) is 0 Å². The number of hydrogen-bond acceptors (Lipinski definition) is 3. The Labute approximate surface area is 134 Å². The first kappa shape index (κ1) is 18.3. The van der Waals surface area contributed by atoms with Gasteiger partial charge in [0.1, 0.15) is 11.4 Å². The van der Waals surface area contributed by atoms with Crippen LogP contribution >= 0.6 is 0 Å². The normalized spacial score (nSPS) is 19.1. The van der Waals surface area contributed by atoms with Gasteiger partial charge in [-0.05, 0) is 53.5 Å². The maximum Gasteiger partial charge on any atom is 0.408 e. The fraction of sp³-hybridized carbons (Fsp3) is 0.647. The Kier molecular flexibility index (Phi) is 6.21. The van der Waals surface area contributed by atoms with Gasteiger partial charge in [-0.2, -0.15) is 0 Å². The molecule has 0 saturated carbocycles. The molecule has 1 saturated heterocycles. The van der Waals surface area contributed by atoms with Crippen molar-refractivity contribution in [1.29, 1.82) is 0 Å². The number of allylic oxidation sites excluding steroid dienone is 1. The molecule has 0 aromatic heterocycles. The summed E-state index contributed by atoms with van der Waals surface area (Å²) < 4.78 is 5.35. The predicted molar refractivity (Wildman–Crippen MR) is 91.0 cm³/mol. The van der Waals surface area contributed by atoms with Gasteiger partial charge in [0, 0.05) is 24.8 Å². The zero-order valence-electron chi connectivity index (χ0n) is 14.5. The van der Waals surface area contributed by atoms with Gasteiger partial charge in [0.2, 0.25) is 0 Å². The fourth-order valence-corrected chi connectivity index (χ4v) is 2.38. The lowest BCUT2D eigenvalue weighted by Gasteiger charge is -2.40. The van der Waals surface area contributed by atoms with E-state index in [1.165, 1.54) is 0 Å². The number of piperidine rings is 1. The number of aliphatic imine (C=N–C) groups is 1. The van der Waals surface area contributed by atoms with E-state index in [2.05, 4.69) is 28.7 Å². The lowest BCUT2D eigenvalue weighted by Crippen LogP contribution is -2.55. The molecule has 1 fully saturated rings. The van der Waals surface area contributed by atoms with Gasteiger partial charge >= 0.3 is 6.09 Å². The topological polar surface area (TPSA) is 53.9 Å². The quantitative estimate of drug-likeness (QED) is 0.641. The van der Waals surface area contributed by atoms with E-state index < -0.39 is 5.60 Å². The van der Waals surface area contributed by atoms with Crippen molar-refractivity contribution in [2.45, 2.75) is 58.6 Å². The Morgan fingerprint density at radius 1 is 1.36 bits per heavy atom. The van der Waals surface area contributed by atoms with Crippen molar-refractivity contribution in [3.05, 3.63) is 24.9 Å². The Morgan fingerprint density at radius 3 is 2.41 bits per heavy atom. The van der Waals surface area contributed by atoms with Crippen molar-refractivity contribution >= 4 is 11.9 Å². The van der Waals surface area contributed by atoms with Crippen LogP contribution in [0, 0.1) is 0 Å². The van der Waals surface area contributed by atoms with Gasteiger partial charge in [-0.1, -0.05) is 12.7 Å². The van der Waals surface area contributed by atoms with Crippen molar-refractivity contribution < 1.29 is 9.53 Å². The third-order valence-electron chi connectivity index (χ3n) is 3.53.